The van der Waals surface area contributed by atoms with Crippen molar-refractivity contribution in [2.24, 2.45) is 0 Å². The number of phenolic OH excluding ortho intramolecular Hbond substituents is 1. The number of aromatic hydroxyl groups is 1. The highest BCUT2D eigenvalue weighted by Crippen LogP contribution is 2.40. The Morgan fingerprint density at radius 3 is 2.57 bits per heavy atom. The fourth-order valence-electron chi connectivity index (χ4n) is 2.39. The highest BCUT2D eigenvalue weighted by Gasteiger charge is 2.20. The number of carbonyl (C=O) groups is 1. The van der Waals surface area contributed by atoms with E-state index in [-0.39, 0.29) is 5.75 Å². The number of fused-ring (bicyclic) bond motifs is 1. The van der Waals surface area contributed by atoms with Crippen LogP contribution in [0.25, 0.3) is 21.2 Å². The van der Waals surface area contributed by atoms with E-state index in [1.54, 1.807) is 0 Å². The number of hydrogen-bond acceptors (Lipinski definition) is 4. The molecule has 1 N–H and O–H groups in total. The molecule has 0 saturated heterocycles. The molecule has 4 heteroatoms. The first-order valence-electron chi connectivity index (χ1n) is 6.50. The van der Waals surface area contributed by atoms with Crippen molar-refractivity contribution in [3.05, 3.63) is 52.9 Å². The second-order valence-electron chi connectivity index (χ2n) is 4.84. The van der Waals surface area contributed by atoms with Crippen LogP contribution in [0, 0.1) is 6.92 Å². The lowest BCUT2D eigenvalue weighted by Gasteiger charge is -2.11. The highest BCUT2D eigenvalue weighted by atomic mass is 32.1. The van der Waals surface area contributed by atoms with Gasteiger partial charge in [-0.1, -0.05) is 29.8 Å². The summed E-state index contributed by atoms with van der Waals surface area (Å²) in [4.78, 5) is 12.1. The van der Waals surface area contributed by atoms with Gasteiger partial charge in [-0.25, -0.2) is 4.79 Å². The predicted molar refractivity (Wildman–Crippen MR) is 85.0 cm³/mol. The fraction of sp³-hybridized carbons (Fsp3) is 0.118. The van der Waals surface area contributed by atoms with Crippen LogP contribution in [0.15, 0.2) is 41.8 Å². The van der Waals surface area contributed by atoms with Crippen LogP contribution in [0.5, 0.6) is 5.75 Å². The SMILES string of the molecule is COC(=O)c1cc(O)c2ccsc2c1-c1ccc(C)cc1. The Morgan fingerprint density at radius 1 is 1.19 bits per heavy atom. The zero-order valence-electron chi connectivity index (χ0n) is 11.7. The van der Waals surface area contributed by atoms with Crippen molar-refractivity contribution in [3.63, 3.8) is 0 Å². The molecule has 0 fully saturated rings. The van der Waals surface area contributed by atoms with Gasteiger partial charge in [0, 0.05) is 15.6 Å². The molecule has 1 aromatic heterocycles. The van der Waals surface area contributed by atoms with Gasteiger partial charge < -0.3 is 9.84 Å². The molecular formula is C17H14O3S. The van der Waals surface area contributed by atoms with Crippen LogP contribution in [-0.2, 0) is 4.74 Å². The average Bonchev–Trinajstić information content (AvgIpc) is 2.97. The largest absolute Gasteiger partial charge is 0.507 e. The normalized spacial score (nSPS) is 10.8. The summed E-state index contributed by atoms with van der Waals surface area (Å²) in [7, 11) is 1.34. The molecule has 3 nitrogen and oxygen atoms in total. The zero-order valence-corrected chi connectivity index (χ0v) is 12.5. The van der Waals surface area contributed by atoms with E-state index in [1.165, 1.54) is 24.5 Å². The molecule has 0 spiro atoms. The number of phenols is 1. The molecular weight excluding hydrogens is 284 g/mol. The fourth-order valence-corrected chi connectivity index (χ4v) is 3.38. The predicted octanol–water partition coefficient (Wildman–Crippen LogP) is 4.37. The monoisotopic (exact) mass is 298 g/mol. The number of hydrogen-bond donors (Lipinski definition) is 1. The van der Waals surface area contributed by atoms with Crippen molar-refractivity contribution in [2.45, 2.75) is 6.92 Å². The van der Waals surface area contributed by atoms with Crippen molar-refractivity contribution < 1.29 is 14.6 Å². The molecule has 2 aromatic carbocycles. The van der Waals surface area contributed by atoms with E-state index >= 15 is 0 Å². The summed E-state index contributed by atoms with van der Waals surface area (Å²) in [6.07, 6.45) is 0. The smallest absolute Gasteiger partial charge is 0.338 e. The number of aryl methyl sites for hydroxylation is 1. The average molecular weight is 298 g/mol. The van der Waals surface area contributed by atoms with Gasteiger partial charge in [0.2, 0.25) is 0 Å². The van der Waals surface area contributed by atoms with Gasteiger partial charge in [-0.2, -0.15) is 0 Å². The summed E-state index contributed by atoms with van der Waals surface area (Å²) >= 11 is 1.50. The summed E-state index contributed by atoms with van der Waals surface area (Å²) in [6.45, 7) is 2.02. The molecule has 0 aliphatic rings. The minimum atomic E-state index is -0.448. The van der Waals surface area contributed by atoms with Crippen LogP contribution >= 0.6 is 11.3 Å². The van der Waals surface area contributed by atoms with Crippen molar-refractivity contribution in [3.8, 4) is 16.9 Å². The lowest BCUT2D eigenvalue weighted by molar-refractivity contribution is 0.0601. The van der Waals surface area contributed by atoms with Crippen LogP contribution in [0.2, 0.25) is 0 Å². The van der Waals surface area contributed by atoms with Crippen LogP contribution in [0.3, 0.4) is 0 Å². The first-order valence-corrected chi connectivity index (χ1v) is 7.38. The quantitative estimate of drug-likeness (QED) is 0.715. The molecule has 0 aliphatic heterocycles. The van der Waals surface area contributed by atoms with E-state index in [0.29, 0.717) is 5.56 Å². The number of methoxy groups -OCH3 is 1. The Hall–Kier alpha value is -2.33. The van der Waals surface area contributed by atoms with Crippen LogP contribution in [0.4, 0.5) is 0 Å². The summed E-state index contributed by atoms with van der Waals surface area (Å²) in [5.74, 6) is -0.348. The topological polar surface area (TPSA) is 46.5 Å². The van der Waals surface area contributed by atoms with Gasteiger partial charge in [0.05, 0.1) is 12.7 Å². The number of rotatable bonds is 2. The second-order valence-corrected chi connectivity index (χ2v) is 5.76. The van der Waals surface area contributed by atoms with E-state index in [2.05, 4.69) is 0 Å². The third kappa shape index (κ3) is 2.28. The lowest BCUT2D eigenvalue weighted by Crippen LogP contribution is -2.03. The molecule has 21 heavy (non-hydrogen) atoms. The Morgan fingerprint density at radius 2 is 1.90 bits per heavy atom. The standard InChI is InChI=1S/C17H14O3S/c1-10-3-5-11(6-4-10)15-13(17(19)20-2)9-14(18)12-7-8-21-16(12)15/h3-9,18H,1-2H3. The van der Waals surface area contributed by atoms with E-state index < -0.39 is 5.97 Å². The number of benzene rings is 2. The maximum absolute atomic E-state index is 12.1. The maximum Gasteiger partial charge on any atom is 0.338 e. The molecule has 0 bridgehead atoms. The van der Waals surface area contributed by atoms with Crippen LogP contribution in [0.1, 0.15) is 15.9 Å². The zero-order chi connectivity index (χ0) is 15.0. The van der Waals surface area contributed by atoms with Gasteiger partial charge >= 0.3 is 5.97 Å². The van der Waals surface area contributed by atoms with Gasteiger partial charge in [-0.15, -0.1) is 11.3 Å². The Kier molecular flexibility index (Phi) is 3.39. The minimum Gasteiger partial charge on any atom is -0.507 e. The van der Waals surface area contributed by atoms with Crippen molar-refractivity contribution >= 4 is 27.4 Å². The Labute approximate surface area is 126 Å². The van der Waals surface area contributed by atoms with Crippen molar-refractivity contribution in [2.75, 3.05) is 7.11 Å². The number of ether oxygens (including phenoxy) is 1. The van der Waals surface area contributed by atoms with E-state index in [0.717, 1.165) is 26.8 Å². The maximum atomic E-state index is 12.1. The minimum absolute atomic E-state index is 0.0995. The summed E-state index contributed by atoms with van der Waals surface area (Å²) < 4.78 is 5.75. The molecule has 0 unspecified atom stereocenters. The molecule has 0 aliphatic carbocycles. The van der Waals surface area contributed by atoms with Crippen molar-refractivity contribution in [1.82, 2.24) is 0 Å². The van der Waals surface area contributed by atoms with Gasteiger partial charge in [0.15, 0.2) is 0 Å². The lowest BCUT2D eigenvalue weighted by atomic mass is 9.97. The number of carbonyl (C=O) groups excluding carboxylic acids is 1. The van der Waals surface area contributed by atoms with Gasteiger partial charge in [-0.05, 0) is 30.0 Å². The van der Waals surface area contributed by atoms with Crippen molar-refractivity contribution in [1.29, 1.82) is 0 Å². The first kappa shape index (κ1) is 13.6. The Bertz CT molecular complexity index is 816. The molecule has 0 saturated carbocycles. The second kappa shape index (κ2) is 5.22. The molecule has 0 radical (unpaired) electrons. The molecule has 0 amide bonds. The van der Waals surface area contributed by atoms with E-state index in [1.807, 2.05) is 42.6 Å². The Balaban J connectivity index is 2.37. The molecule has 3 rings (SSSR count). The third-order valence-electron chi connectivity index (χ3n) is 3.46. The van der Waals surface area contributed by atoms with Crippen LogP contribution < -0.4 is 0 Å². The van der Waals surface area contributed by atoms with E-state index in [9.17, 15) is 9.90 Å². The van der Waals surface area contributed by atoms with Gasteiger partial charge in [-0.3, -0.25) is 0 Å². The third-order valence-corrected chi connectivity index (χ3v) is 4.40. The van der Waals surface area contributed by atoms with E-state index in [4.69, 9.17) is 4.74 Å². The summed E-state index contributed by atoms with van der Waals surface area (Å²) in [6, 6.07) is 11.3. The van der Waals surface area contributed by atoms with Crippen LogP contribution in [-0.4, -0.2) is 18.2 Å². The first-order chi connectivity index (χ1) is 10.1. The summed E-state index contributed by atoms with van der Waals surface area (Å²) in [5.41, 5.74) is 3.28. The van der Waals surface area contributed by atoms with Gasteiger partial charge in [0.25, 0.3) is 0 Å². The number of esters is 1. The molecule has 106 valence electrons. The molecule has 1 heterocycles. The number of thiophene rings is 1. The highest BCUT2D eigenvalue weighted by molar-refractivity contribution is 7.17. The molecule has 3 aromatic rings. The molecule has 0 atom stereocenters. The summed E-state index contributed by atoms with van der Waals surface area (Å²) in [5, 5.41) is 12.8. The van der Waals surface area contributed by atoms with Gasteiger partial charge in [0.1, 0.15) is 5.75 Å².